The zero-order valence-electron chi connectivity index (χ0n) is 11.2. The molecule has 1 aromatic rings. The average molecular weight is 267 g/mol. The number of anilines is 1. The van der Waals surface area contributed by atoms with E-state index in [1.165, 1.54) is 32.4 Å². The normalized spacial score (nSPS) is 15.1. The monoisotopic (exact) mass is 266 g/mol. The summed E-state index contributed by atoms with van der Waals surface area (Å²) in [6, 6.07) is 7.93. The Balaban J connectivity index is 1.69. The van der Waals surface area contributed by atoms with Crippen LogP contribution in [0.25, 0.3) is 0 Å². The molecule has 1 fully saturated rings. The Morgan fingerprint density at radius 1 is 1.22 bits per heavy atom. The lowest BCUT2D eigenvalue weighted by atomic mass is 10.3. The highest BCUT2D eigenvalue weighted by Gasteiger charge is 2.23. The largest absolute Gasteiger partial charge is 0.384 e. The summed E-state index contributed by atoms with van der Waals surface area (Å²) in [5.41, 5.74) is 1.15. The van der Waals surface area contributed by atoms with Crippen molar-refractivity contribution in [2.45, 2.75) is 26.2 Å². The van der Waals surface area contributed by atoms with E-state index in [0.717, 1.165) is 29.7 Å². The minimum absolute atomic E-state index is 0.793. The molecule has 18 heavy (non-hydrogen) atoms. The van der Waals surface area contributed by atoms with Crippen molar-refractivity contribution in [3.63, 3.8) is 0 Å². The summed E-state index contributed by atoms with van der Waals surface area (Å²) >= 11 is 5.87. The van der Waals surface area contributed by atoms with Gasteiger partial charge in [0.1, 0.15) is 0 Å². The van der Waals surface area contributed by atoms with E-state index < -0.39 is 0 Å². The lowest BCUT2D eigenvalue weighted by Gasteiger charge is -2.21. The smallest absolute Gasteiger partial charge is 0.0407 e. The van der Waals surface area contributed by atoms with E-state index >= 15 is 0 Å². The topological polar surface area (TPSA) is 15.3 Å². The second-order valence-electron chi connectivity index (χ2n) is 5.18. The van der Waals surface area contributed by atoms with Gasteiger partial charge in [-0.1, -0.05) is 18.5 Å². The molecular weight excluding hydrogens is 244 g/mol. The summed E-state index contributed by atoms with van der Waals surface area (Å²) in [5, 5.41) is 4.25. The lowest BCUT2D eigenvalue weighted by Crippen LogP contribution is -2.31. The fourth-order valence-electron chi connectivity index (χ4n) is 2.20. The van der Waals surface area contributed by atoms with Crippen molar-refractivity contribution in [3.05, 3.63) is 29.3 Å². The first-order chi connectivity index (χ1) is 8.78. The molecule has 3 heteroatoms. The fourth-order valence-corrected chi connectivity index (χ4v) is 2.33. The molecule has 0 heterocycles. The average Bonchev–Trinajstić information content (AvgIpc) is 3.16. The quantitative estimate of drug-likeness (QED) is 0.768. The van der Waals surface area contributed by atoms with Crippen molar-refractivity contribution >= 4 is 17.3 Å². The minimum Gasteiger partial charge on any atom is -0.384 e. The molecule has 2 rings (SSSR count). The molecular formula is C15H23ClN2. The van der Waals surface area contributed by atoms with Crippen LogP contribution in [-0.2, 0) is 0 Å². The summed E-state index contributed by atoms with van der Waals surface area (Å²) < 4.78 is 0. The molecule has 1 aromatic carbocycles. The Bertz CT molecular complexity index is 346. The van der Waals surface area contributed by atoms with Crippen molar-refractivity contribution in [2.24, 2.45) is 5.92 Å². The molecule has 1 N–H and O–H groups in total. The fraction of sp³-hybridized carbons (Fsp3) is 0.600. The standard InChI is InChI=1S/C15H23ClN2/c1-2-10-18(12-13-3-4-13)11-9-17-15-7-5-14(16)6-8-15/h5-8,13,17H,2-4,9-12H2,1H3. The molecule has 2 nitrogen and oxygen atoms in total. The first kappa shape index (κ1) is 13.7. The van der Waals surface area contributed by atoms with Crippen LogP contribution in [0.4, 0.5) is 5.69 Å². The summed E-state index contributed by atoms with van der Waals surface area (Å²) in [6.45, 7) is 6.91. The van der Waals surface area contributed by atoms with Crippen LogP contribution in [0.2, 0.25) is 5.02 Å². The van der Waals surface area contributed by atoms with Crippen molar-refractivity contribution in [2.75, 3.05) is 31.5 Å². The maximum absolute atomic E-state index is 5.87. The first-order valence-corrected chi connectivity index (χ1v) is 7.37. The Hall–Kier alpha value is -0.730. The van der Waals surface area contributed by atoms with Crippen LogP contribution in [0.1, 0.15) is 26.2 Å². The zero-order valence-corrected chi connectivity index (χ0v) is 11.9. The van der Waals surface area contributed by atoms with Crippen molar-refractivity contribution in [1.82, 2.24) is 4.90 Å². The Labute approximate surface area is 115 Å². The third-order valence-corrected chi connectivity index (χ3v) is 3.61. The number of benzene rings is 1. The van der Waals surface area contributed by atoms with Gasteiger partial charge in [0.15, 0.2) is 0 Å². The highest BCUT2D eigenvalue weighted by atomic mass is 35.5. The van der Waals surface area contributed by atoms with Crippen LogP contribution in [0.3, 0.4) is 0 Å². The molecule has 0 saturated heterocycles. The number of hydrogen-bond acceptors (Lipinski definition) is 2. The van der Waals surface area contributed by atoms with E-state index in [0.29, 0.717) is 0 Å². The molecule has 0 spiro atoms. The van der Waals surface area contributed by atoms with E-state index in [9.17, 15) is 0 Å². The highest BCUT2D eigenvalue weighted by Crippen LogP contribution is 2.29. The third-order valence-electron chi connectivity index (χ3n) is 3.35. The van der Waals surface area contributed by atoms with E-state index in [1.807, 2.05) is 24.3 Å². The van der Waals surface area contributed by atoms with Gasteiger partial charge in [0.25, 0.3) is 0 Å². The van der Waals surface area contributed by atoms with Crippen molar-refractivity contribution < 1.29 is 0 Å². The van der Waals surface area contributed by atoms with Crippen LogP contribution in [0, 0.1) is 5.92 Å². The summed E-state index contributed by atoms with van der Waals surface area (Å²) in [5.74, 6) is 0.979. The Morgan fingerprint density at radius 2 is 1.94 bits per heavy atom. The van der Waals surface area contributed by atoms with Crippen LogP contribution < -0.4 is 5.32 Å². The molecule has 0 aromatic heterocycles. The third kappa shape index (κ3) is 4.87. The van der Waals surface area contributed by atoms with Gasteiger partial charge in [-0.05, 0) is 56.0 Å². The summed E-state index contributed by atoms with van der Waals surface area (Å²) in [4.78, 5) is 2.58. The molecule has 0 radical (unpaired) electrons. The van der Waals surface area contributed by atoms with E-state index in [1.54, 1.807) is 0 Å². The summed E-state index contributed by atoms with van der Waals surface area (Å²) in [6.07, 6.45) is 4.11. The van der Waals surface area contributed by atoms with Crippen molar-refractivity contribution in [3.8, 4) is 0 Å². The van der Waals surface area contributed by atoms with Gasteiger partial charge in [0, 0.05) is 30.3 Å². The molecule has 1 aliphatic carbocycles. The van der Waals surface area contributed by atoms with Crippen LogP contribution >= 0.6 is 11.6 Å². The number of nitrogens with one attached hydrogen (secondary N) is 1. The number of hydrogen-bond donors (Lipinski definition) is 1. The first-order valence-electron chi connectivity index (χ1n) is 6.99. The Kier molecular flexibility index (Phi) is 5.33. The minimum atomic E-state index is 0.793. The van der Waals surface area contributed by atoms with Gasteiger partial charge in [-0.3, -0.25) is 0 Å². The van der Waals surface area contributed by atoms with Gasteiger partial charge in [0.2, 0.25) is 0 Å². The van der Waals surface area contributed by atoms with E-state index in [2.05, 4.69) is 17.1 Å². The molecule has 0 unspecified atom stereocenters. The van der Waals surface area contributed by atoms with Gasteiger partial charge in [-0.25, -0.2) is 0 Å². The van der Waals surface area contributed by atoms with Gasteiger partial charge < -0.3 is 10.2 Å². The van der Waals surface area contributed by atoms with Gasteiger partial charge in [-0.15, -0.1) is 0 Å². The molecule has 100 valence electrons. The molecule has 0 aliphatic heterocycles. The maximum atomic E-state index is 5.87. The molecule has 0 bridgehead atoms. The Morgan fingerprint density at radius 3 is 2.56 bits per heavy atom. The van der Waals surface area contributed by atoms with E-state index in [4.69, 9.17) is 11.6 Å². The van der Waals surface area contributed by atoms with Gasteiger partial charge in [-0.2, -0.15) is 0 Å². The molecule has 1 saturated carbocycles. The van der Waals surface area contributed by atoms with Crippen LogP contribution in [-0.4, -0.2) is 31.1 Å². The molecule has 0 amide bonds. The second-order valence-corrected chi connectivity index (χ2v) is 5.61. The van der Waals surface area contributed by atoms with Crippen molar-refractivity contribution in [1.29, 1.82) is 0 Å². The van der Waals surface area contributed by atoms with E-state index in [-0.39, 0.29) is 0 Å². The molecule has 0 atom stereocenters. The number of rotatable bonds is 8. The van der Waals surface area contributed by atoms with Crippen LogP contribution in [0.5, 0.6) is 0 Å². The maximum Gasteiger partial charge on any atom is 0.0407 e. The summed E-state index contributed by atoms with van der Waals surface area (Å²) in [7, 11) is 0. The SMILES string of the molecule is CCCN(CCNc1ccc(Cl)cc1)CC1CC1. The lowest BCUT2D eigenvalue weighted by molar-refractivity contribution is 0.273. The predicted molar refractivity (Wildman–Crippen MR) is 79.4 cm³/mol. The zero-order chi connectivity index (χ0) is 12.8. The second kappa shape index (κ2) is 7.01. The number of halogens is 1. The van der Waals surface area contributed by atoms with Crippen LogP contribution in [0.15, 0.2) is 24.3 Å². The molecule has 1 aliphatic rings. The highest BCUT2D eigenvalue weighted by molar-refractivity contribution is 6.30. The van der Waals surface area contributed by atoms with Gasteiger partial charge in [0.05, 0.1) is 0 Å². The van der Waals surface area contributed by atoms with Gasteiger partial charge >= 0.3 is 0 Å². The predicted octanol–water partition coefficient (Wildman–Crippen LogP) is 3.87. The number of nitrogens with zero attached hydrogens (tertiary/aromatic N) is 1.